The molecule has 150 valence electrons. The van der Waals surface area contributed by atoms with Crippen molar-refractivity contribution < 1.29 is 9.59 Å². The van der Waals surface area contributed by atoms with Crippen LogP contribution in [0.15, 0.2) is 17.8 Å². The molecular weight excluding hydrogens is 378 g/mol. The third kappa shape index (κ3) is 4.22. The minimum atomic E-state index is -0.115. The van der Waals surface area contributed by atoms with Crippen molar-refractivity contribution in [3.8, 4) is 5.69 Å². The maximum atomic E-state index is 12.5. The van der Waals surface area contributed by atoms with Crippen molar-refractivity contribution in [2.24, 2.45) is 5.92 Å². The summed E-state index contributed by atoms with van der Waals surface area (Å²) in [5.74, 6) is 0.486. The van der Waals surface area contributed by atoms with Crippen LogP contribution < -0.4 is 5.32 Å². The molecule has 1 aliphatic heterocycles. The first-order valence-electron chi connectivity index (χ1n) is 9.82. The normalized spacial score (nSPS) is 18.5. The number of hydrogen-bond donors (Lipinski definition) is 1. The lowest BCUT2D eigenvalue weighted by Crippen LogP contribution is -2.51. The Hall–Kier alpha value is -2.33. The molecule has 0 atom stereocenters. The molecule has 0 bridgehead atoms. The Morgan fingerprint density at radius 2 is 1.96 bits per heavy atom. The molecule has 2 amide bonds. The lowest BCUT2D eigenvalue weighted by Gasteiger charge is -2.36. The number of carbonyl (C=O) groups excluding carboxylic acids is 2. The molecule has 3 heterocycles. The van der Waals surface area contributed by atoms with Crippen LogP contribution in [0, 0.1) is 5.92 Å². The smallest absolute Gasteiger partial charge is 0.263 e. The number of aromatic nitrogens is 4. The van der Waals surface area contributed by atoms with Crippen molar-refractivity contribution >= 4 is 23.2 Å². The lowest BCUT2D eigenvalue weighted by molar-refractivity contribution is -0.137. The maximum Gasteiger partial charge on any atom is 0.263 e. The quantitative estimate of drug-likeness (QED) is 0.766. The molecule has 2 aromatic rings. The SMILES string of the molecule is O=C(NCCN1CCN(C(=O)C2CCCC2)CC1)c1sccc1-n1cnnn1. The highest BCUT2D eigenvalue weighted by molar-refractivity contribution is 7.12. The zero-order chi connectivity index (χ0) is 19.3. The van der Waals surface area contributed by atoms with Crippen LogP contribution in [-0.4, -0.2) is 81.1 Å². The zero-order valence-corrected chi connectivity index (χ0v) is 16.6. The molecule has 0 spiro atoms. The Bertz CT molecular complexity index is 793. The van der Waals surface area contributed by atoms with Crippen LogP contribution in [0.5, 0.6) is 0 Å². The van der Waals surface area contributed by atoms with Crippen molar-refractivity contribution in [3.63, 3.8) is 0 Å². The molecule has 0 aromatic carbocycles. The van der Waals surface area contributed by atoms with Crippen molar-refractivity contribution in [1.82, 2.24) is 35.3 Å². The second-order valence-corrected chi connectivity index (χ2v) is 8.21. The summed E-state index contributed by atoms with van der Waals surface area (Å²) >= 11 is 1.37. The van der Waals surface area contributed by atoms with Crippen molar-refractivity contribution in [1.29, 1.82) is 0 Å². The van der Waals surface area contributed by atoms with Crippen LogP contribution in [0.4, 0.5) is 0 Å². The number of rotatable bonds is 6. The van der Waals surface area contributed by atoms with Crippen LogP contribution in [-0.2, 0) is 4.79 Å². The summed E-state index contributed by atoms with van der Waals surface area (Å²) in [7, 11) is 0. The van der Waals surface area contributed by atoms with Gasteiger partial charge < -0.3 is 10.2 Å². The minimum Gasteiger partial charge on any atom is -0.350 e. The average molecular weight is 404 g/mol. The van der Waals surface area contributed by atoms with Crippen molar-refractivity contribution in [2.75, 3.05) is 39.3 Å². The highest BCUT2D eigenvalue weighted by Gasteiger charge is 2.29. The van der Waals surface area contributed by atoms with Gasteiger partial charge in [-0.05, 0) is 34.7 Å². The number of piperazine rings is 1. The molecule has 28 heavy (non-hydrogen) atoms. The van der Waals surface area contributed by atoms with Crippen LogP contribution in [0.25, 0.3) is 5.69 Å². The van der Waals surface area contributed by atoms with E-state index in [4.69, 9.17) is 0 Å². The third-order valence-corrected chi connectivity index (χ3v) is 6.45. The lowest BCUT2D eigenvalue weighted by atomic mass is 10.1. The van der Waals surface area contributed by atoms with Crippen LogP contribution in [0.3, 0.4) is 0 Å². The fraction of sp³-hybridized carbons (Fsp3) is 0.611. The summed E-state index contributed by atoms with van der Waals surface area (Å²) in [5.41, 5.74) is 0.687. The number of thiophene rings is 1. The highest BCUT2D eigenvalue weighted by atomic mass is 32.1. The Balaban J connectivity index is 1.21. The van der Waals surface area contributed by atoms with Gasteiger partial charge in [0.05, 0.1) is 5.69 Å². The number of carbonyl (C=O) groups is 2. The van der Waals surface area contributed by atoms with Gasteiger partial charge >= 0.3 is 0 Å². The van der Waals surface area contributed by atoms with E-state index in [0.29, 0.717) is 23.0 Å². The molecule has 10 heteroatoms. The van der Waals surface area contributed by atoms with E-state index < -0.39 is 0 Å². The van der Waals surface area contributed by atoms with E-state index in [-0.39, 0.29) is 11.8 Å². The monoisotopic (exact) mass is 403 g/mol. The second kappa shape index (κ2) is 8.78. The van der Waals surface area contributed by atoms with E-state index >= 15 is 0 Å². The van der Waals surface area contributed by atoms with Gasteiger partial charge in [-0.15, -0.1) is 16.4 Å². The second-order valence-electron chi connectivity index (χ2n) is 7.29. The molecule has 0 unspecified atom stereocenters. The van der Waals surface area contributed by atoms with Crippen molar-refractivity contribution in [2.45, 2.75) is 25.7 Å². The molecule has 1 saturated heterocycles. The molecule has 2 aromatic heterocycles. The maximum absolute atomic E-state index is 12.5. The topological polar surface area (TPSA) is 96.2 Å². The first kappa shape index (κ1) is 19.0. The Morgan fingerprint density at radius 3 is 2.68 bits per heavy atom. The number of nitrogens with zero attached hydrogens (tertiary/aromatic N) is 6. The Labute approximate surface area is 167 Å². The van der Waals surface area contributed by atoms with Crippen LogP contribution in [0.1, 0.15) is 35.4 Å². The molecule has 0 radical (unpaired) electrons. The van der Waals surface area contributed by atoms with Gasteiger partial charge in [-0.2, -0.15) is 4.68 Å². The standard InChI is InChI=1S/C18H25N7O2S/c26-17(16-15(5-12-28-16)25-13-20-21-22-25)19-6-7-23-8-10-24(11-9-23)18(27)14-3-1-2-4-14/h5,12-14H,1-4,6-11H2,(H,19,26). The van der Waals surface area contributed by atoms with E-state index in [1.807, 2.05) is 16.3 Å². The van der Waals surface area contributed by atoms with Gasteiger partial charge in [-0.25, -0.2) is 0 Å². The first-order valence-corrected chi connectivity index (χ1v) is 10.7. The molecule has 1 aliphatic carbocycles. The molecular formula is C18H25N7O2S. The molecule has 2 fully saturated rings. The zero-order valence-electron chi connectivity index (χ0n) is 15.8. The summed E-state index contributed by atoms with van der Waals surface area (Å²) in [6.07, 6.45) is 5.97. The summed E-state index contributed by atoms with van der Waals surface area (Å²) in [5, 5.41) is 15.9. The fourth-order valence-corrected chi connectivity index (χ4v) is 4.75. The van der Waals surface area contributed by atoms with Gasteiger partial charge in [0.25, 0.3) is 5.91 Å². The molecule has 2 aliphatic rings. The summed E-state index contributed by atoms with van der Waals surface area (Å²) in [4.78, 5) is 29.9. The average Bonchev–Trinajstić information content (AvgIpc) is 3.49. The highest BCUT2D eigenvalue weighted by Crippen LogP contribution is 2.27. The minimum absolute atomic E-state index is 0.115. The van der Waals surface area contributed by atoms with E-state index in [1.165, 1.54) is 35.2 Å². The number of hydrogen-bond acceptors (Lipinski definition) is 7. The van der Waals surface area contributed by atoms with Crippen molar-refractivity contribution in [3.05, 3.63) is 22.7 Å². The molecule has 1 saturated carbocycles. The Kier molecular flexibility index (Phi) is 5.96. The molecule has 4 rings (SSSR count). The van der Waals surface area contributed by atoms with E-state index in [2.05, 4.69) is 25.7 Å². The molecule has 9 nitrogen and oxygen atoms in total. The van der Waals surface area contributed by atoms with Crippen LogP contribution >= 0.6 is 11.3 Å². The van der Waals surface area contributed by atoms with Gasteiger partial charge in [0.1, 0.15) is 11.2 Å². The fourth-order valence-electron chi connectivity index (χ4n) is 3.96. The summed E-state index contributed by atoms with van der Waals surface area (Å²) < 4.78 is 1.49. The largest absolute Gasteiger partial charge is 0.350 e. The van der Waals surface area contributed by atoms with E-state index in [9.17, 15) is 9.59 Å². The number of amides is 2. The predicted octanol–water partition coefficient (Wildman–Crippen LogP) is 0.788. The summed E-state index contributed by atoms with van der Waals surface area (Å²) in [6, 6.07) is 1.83. The van der Waals surface area contributed by atoms with Gasteiger partial charge in [-0.1, -0.05) is 12.8 Å². The Morgan fingerprint density at radius 1 is 1.18 bits per heavy atom. The van der Waals surface area contributed by atoms with Gasteiger partial charge in [-0.3, -0.25) is 14.5 Å². The van der Waals surface area contributed by atoms with Gasteiger partial charge in [0.2, 0.25) is 5.91 Å². The van der Waals surface area contributed by atoms with E-state index in [0.717, 1.165) is 45.6 Å². The van der Waals surface area contributed by atoms with Gasteiger partial charge in [0.15, 0.2) is 0 Å². The predicted molar refractivity (Wildman–Crippen MR) is 104 cm³/mol. The van der Waals surface area contributed by atoms with Crippen LogP contribution in [0.2, 0.25) is 0 Å². The number of nitrogens with one attached hydrogen (secondary N) is 1. The number of tetrazole rings is 1. The summed E-state index contributed by atoms with van der Waals surface area (Å²) in [6.45, 7) is 4.66. The third-order valence-electron chi connectivity index (χ3n) is 5.55. The van der Waals surface area contributed by atoms with Gasteiger partial charge in [0, 0.05) is 45.2 Å². The molecule has 1 N–H and O–H groups in total. The van der Waals surface area contributed by atoms with E-state index in [1.54, 1.807) is 0 Å². The first-order chi connectivity index (χ1) is 13.7.